The number of amidine groups is 1. The fourth-order valence-corrected chi connectivity index (χ4v) is 2.09. The van der Waals surface area contributed by atoms with Crippen molar-refractivity contribution in [2.45, 2.75) is 0 Å². The van der Waals surface area contributed by atoms with Crippen LogP contribution in [0.3, 0.4) is 0 Å². The fraction of sp³-hybridized carbons (Fsp3) is 0.0909. The number of thioether (sulfide) groups is 1. The number of hydrogen-bond donors (Lipinski definition) is 2. The van der Waals surface area contributed by atoms with Gasteiger partial charge < -0.3 is 10.4 Å². The molecule has 0 aliphatic carbocycles. The Balaban J connectivity index is 2.37. The van der Waals surface area contributed by atoms with Crippen LogP contribution in [0.25, 0.3) is 6.08 Å². The number of phenolic OH excluding ortho intramolecular Hbond substituents is 1. The minimum atomic E-state index is -0.470. The molecule has 0 radical (unpaired) electrons. The first-order chi connectivity index (χ1) is 8.10. The summed E-state index contributed by atoms with van der Waals surface area (Å²) >= 11 is 1.15. The summed E-state index contributed by atoms with van der Waals surface area (Å²) in [6, 6.07) is 3.56. The molecule has 2 N–H and O–H groups in total. The second-order valence-corrected chi connectivity index (χ2v) is 4.33. The van der Waals surface area contributed by atoms with E-state index in [1.807, 2.05) is 0 Å². The molecule has 1 fully saturated rings. The maximum absolute atomic E-state index is 13.0. The van der Waals surface area contributed by atoms with Crippen molar-refractivity contribution in [2.75, 3.05) is 7.05 Å². The zero-order chi connectivity index (χ0) is 12.4. The summed E-state index contributed by atoms with van der Waals surface area (Å²) in [5, 5.41) is 12.5. The molecule has 4 nitrogen and oxygen atoms in total. The van der Waals surface area contributed by atoms with Crippen molar-refractivity contribution in [1.82, 2.24) is 5.32 Å². The van der Waals surface area contributed by atoms with E-state index in [4.69, 9.17) is 0 Å². The summed E-state index contributed by atoms with van der Waals surface area (Å²) in [6.07, 6.45) is 1.43. The minimum Gasteiger partial charge on any atom is -0.507 e. The Bertz CT molecular complexity index is 540. The van der Waals surface area contributed by atoms with E-state index in [0.29, 0.717) is 10.1 Å². The first kappa shape index (κ1) is 11.7. The number of phenols is 1. The highest BCUT2D eigenvalue weighted by Crippen LogP contribution is 2.28. The second-order valence-electron chi connectivity index (χ2n) is 3.30. The van der Waals surface area contributed by atoms with Crippen molar-refractivity contribution in [1.29, 1.82) is 0 Å². The van der Waals surface area contributed by atoms with Gasteiger partial charge in [-0.15, -0.1) is 0 Å². The number of halogens is 1. The lowest BCUT2D eigenvalue weighted by Crippen LogP contribution is -2.19. The quantitative estimate of drug-likeness (QED) is 0.748. The lowest BCUT2D eigenvalue weighted by Gasteiger charge is -1.99. The monoisotopic (exact) mass is 252 g/mol. The zero-order valence-corrected chi connectivity index (χ0v) is 9.71. The van der Waals surface area contributed by atoms with Crippen LogP contribution in [0.15, 0.2) is 28.1 Å². The van der Waals surface area contributed by atoms with Gasteiger partial charge in [0, 0.05) is 12.6 Å². The van der Waals surface area contributed by atoms with E-state index in [-0.39, 0.29) is 17.2 Å². The van der Waals surface area contributed by atoms with Gasteiger partial charge in [-0.2, -0.15) is 0 Å². The number of aromatic hydroxyl groups is 1. The molecular formula is C11H9FN2O2S. The molecule has 0 atom stereocenters. The van der Waals surface area contributed by atoms with Crippen molar-refractivity contribution < 1.29 is 14.3 Å². The Hall–Kier alpha value is -1.82. The average molecular weight is 252 g/mol. The largest absolute Gasteiger partial charge is 0.507 e. The van der Waals surface area contributed by atoms with Gasteiger partial charge in [-0.3, -0.25) is 9.79 Å². The molecule has 88 valence electrons. The third kappa shape index (κ3) is 2.47. The molecule has 0 bridgehead atoms. The third-order valence-corrected chi connectivity index (χ3v) is 3.13. The zero-order valence-electron chi connectivity index (χ0n) is 8.90. The Morgan fingerprint density at radius 1 is 1.53 bits per heavy atom. The number of carbonyl (C=O) groups excluding carboxylic acids is 1. The summed E-state index contributed by atoms with van der Waals surface area (Å²) in [5.74, 6) is -0.851. The van der Waals surface area contributed by atoms with Crippen LogP contribution in [-0.4, -0.2) is 23.2 Å². The van der Waals surface area contributed by atoms with Gasteiger partial charge >= 0.3 is 0 Å². The molecule has 1 aliphatic rings. The predicted octanol–water partition coefficient (Wildman–Crippen LogP) is 1.72. The lowest BCUT2D eigenvalue weighted by molar-refractivity contribution is -0.115. The standard InChI is InChI=1S/C11H9FN2O2S/c1-13-11-14-10(16)9(17-11)5-6-4-7(12)2-3-8(6)15/h2-5,15H,1H3,(H,13,14,16)/b9-5-. The molecule has 1 saturated heterocycles. The Morgan fingerprint density at radius 3 is 2.94 bits per heavy atom. The van der Waals surface area contributed by atoms with E-state index in [0.717, 1.165) is 23.9 Å². The summed E-state index contributed by atoms with van der Waals surface area (Å²) in [6.45, 7) is 0. The number of nitrogens with zero attached hydrogens (tertiary/aromatic N) is 1. The van der Waals surface area contributed by atoms with Crippen LogP contribution in [0.4, 0.5) is 4.39 Å². The van der Waals surface area contributed by atoms with E-state index in [1.165, 1.54) is 12.1 Å². The van der Waals surface area contributed by atoms with Crippen LogP contribution in [-0.2, 0) is 4.79 Å². The van der Waals surface area contributed by atoms with E-state index in [1.54, 1.807) is 7.05 Å². The van der Waals surface area contributed by atoms with E-state index in [2.05, 4.69) is 10.3 Å². The smallest absolute Gasteiger partial charge is 0.264 e. The van der Waals surface area contributed by atoms with Crippen LogP contribution in [0.2, 0.25) is 0 Å². The van der Waals surface area contributed by atoms with Gasteiger partial charge in [0.1, 0.15) is 11.6 Å². The number of aliphatic imine (C=N–C) groups is 1. The van der Waals surface area contributed by atoms with Crippen LogP contribution < -0.4 is 5.32 Å². The Labute approximate surface area is 101 Å². The molecule has 0 aromatic heterocycles. The predicted molar refractivity (Wildman–Crippen MR) is 65.1 cm³/mol. The van der Waals surface area contributed by atoms with Gasteiger partial charge in [0.2, 0.25) is 0 Å². The number of benzene rings is 1. The molecule has 1 aromatic rings. The molecule has 1 aromatic carbocycles. The SMILES string of the molecule is CN=C1NC(=O)/C(=C/c2cc(F)ccc2O)S1. The number of carbonyl (C=O) groups is 1. The lowest BCUT2D eigenvalue weighted by atomic mass is 10.2. The van der Waals surface area contributed by atoms with Crippen molar-refractivity contribution in [3.05, 3.63) is 34.5 Å². The first-order valence-electron chi connectivity index (χ1n) is 4.76. The molecule has 1 amide bonds. The van der Waals surface area contributed by atoms with Gasteiger partial charge in [0.05, 0.1) is 4.91 Å². The number of hydrogen-bond acceptors (Lipinski definition) is 4. The van der Waals surface area contributed by atoms with E-state index in [9.17, 15) is 14.3 Å². The number of rotatable bonds is 1. The summed E-state index contributed by atoms with van der Waals surface area (Å²) in [5.41, 5.74) is 0.264. The topological polar surface area (TPSA) is 61.7 Å². The van der Waals surface area contributed by atoms with Gasteiger partial charge in [-0.25, -0.2) is 4.39 Å². The van der Waals surface area contributed by atoms with Gasteiger partial charge in [0.15, 0.2) is 5.17 Å². The molecule has 1 heterocycles. The second kappa shape index (κ2) is 4.58. The Kier molecular flexibility index (Phi) is 3.14. The normalized spacial score (nSPS) is 20.0. The molecule has 0 unspecified atom stereocenters. The van der Waals surface area contributed by atoms with Crippen LogP contribution in [0.5, 0.6) is 5.75 Å². The third-order valence-electron chi connectivity index (χ3n) is 2.13. The van der Waals surface area contributed by atoms with Gasteiger partial charge in [-0.05, 0) is 36.0 Å². The summed E-state index contributed by atoms with van der Waals surface area (Å²) < 4.78 is 13.0. The molecular weight excluding hydrogens is 243 g/mol. The van der Waals surface area contributed by atoms with Crippen LogP contribution in [0.1, 0.15) is 5.56 Å². The molecule has 17 heavy (non-hydrogen) atoms. The maximum atomic E-state index is 13.0. The molecule has 6 heteroatoms. The van der Waals surface area contributed by atoms with E-state index < -0.39 is 5.82 Å². The van der Waals surface area contributed by atoms with Crippen molar-refractivity contribution in [2.24, 2.45) is 4.99 Å². The van der Waals surface area contributed by atoms with Crippen molar-refractivity contribution in [3.8, 4) is 5.75 Å². The van der Waals surface area contributed by atoms with Crippen molar-refractivity contribution >= 4 is 28.9 Å². The number of amides is 1. The summed E-state index contributed by atoms with van der Waals surface area (Å²) in [4.78, 5) is 15.7. The minimum absolute atomic E-state index is 0.0748. The highest BCUT2D eigenvalue weighted by Gasteiger charge is 2.23. The van der Waals surface area contributed by atoms with Crippen molar-refractivity contribution in [3.63, 3.8) is 0 Å². The number of nitrogens with one attached hydrogen (secondary N) is 1. The molecule has 2 rings (SSSR count). The Morgan fingerprint density at radius 2 is 2.29 bits per heavy atom. The fourth-order valence-electron chi connectivity index (χ4n) is 1.31. The molecule has 0 saturated carbocycles. The summed E-state index contributed by atoms with van der Waals surface area (Å²) in [7, 11) is 1.56. The van der Waals surface area contributed by atoms with Crippen LogP contribution in [0, 0.1) is 5.82 Å². The van der Waals surface area contributed by atoms with Gasteiger partial charge in [0.25, 0.3) is 5.91 Å². The maximum Gasteiger partial charge on any atom is 0.264 e. The molecule has 1 aliphatic heterocycles. The van der Waals surface area contributed by atoms with Crippen LogP contribution >= 0.6 is 11.8 Å². The highest BCUT2D eigenvalue weighted by molar-refractivity contribution is 8.18. The first-order valence-corrected chi connectivity index (χ1v) is 5.58. The van der Waals surface area contributed by atoms with Gasteiger partial charge in [-0.1, -0.05) is 0 Å². The highest BCUT2D eigenvalue weighted by atomic mass is 32.2. The average Bonchev–Trinajstić information content (AvgIpc) is 2.65. The van der Waals surface area contributed by atoms with E-state index >= 15 is 0 Å². The molecule has 0 spiro atoms.